The first kappa shape index (κ1) is 20.5. The van der Waals surface area contributed by atoms with Gasteiger partial charge in [-0.25, -0.2) is 9.18 Å². The van der Waals surface area contributed by atoms with Crippen LogP contribution in [0.15, 0.2) is 54.6 Å². The minimum absolute atomic E-state index is 0.171. The van der Waals surface area contributed by atoms with E-state index in [1.807, 2.05) is 35.2 Å². The Hall–Kier alpha value is -3.26. The van der Waals surface area contributed by atoms with Gasteiger partial charge in [-0.15, -0.1) is 0 Å². The maximum atomic E-state index is 13.1. The number of hydrogen-bond acceptors (Lipinski definition) is 4. The summed E-state index contributed by atoms with van der Waals surface area (Å²) in [6.45, 7) is 1.78. The van der Waals surface area contributed by atoms with Gasteiger partial charge in [0.15, 0.2) is 0 Å². The number of rotatable bonds is 4. The smallest absolute Gasteiger partial charge is 0.321 e. The first-order valence-electron chi connectivity index (χ1n) is 9.36. The molecule has 1 fully saturated rings. The molecule has 0 bridgehead atoms. The van der Waals surface area contributed by atoms with E-state index in [1.165, 1.54) is 31.3 Å². The van der Waals surface area contributed by atoms with Crippen LogP contribution in [0, 0.1) is 5.82 Å². The van der Waals surface area contributed by atoms with Crippen molar-refractivity contribution in [1.82, 2.24) is 20.4 Å². The van der Waals surface area contributed by atoms with E-state index in [-0.39, 0.29) is 11.7 Å². The van der Waals surface area contributed by atoms with Crippen LogP contribution >= 0.6 is 0 Å². The van der Waals surface area contributed by atoms with E-state index >= 15 is 0 Å². The van der Waals surface area contributed by atoms with Crippen LogP contribution < -0.4 is 10.6 Å². The first-order valence-corrected chi connectivity index (χ1v) is 9.36. The van der Waals surface area contributed by atoms with Crippen LogP contribution in [0.5, 0.6) is 0 Å². The number of amides is 4. The molecule has 0 aromatic heterocycles. The quantitative estimate of drug-likeness (QED) is 0.823. The van der Waals surface area contributed by atoms with Crippen molar-refractivity contribution in [3.8, 4) is 0 Å². The zero-order valence-corrected chi connectivity index (χ0v) is 16.1. The predicted octanol–water partition coefficient (Wildman–Crippen LogP) is 1.78. The van der Waals surface area contributed by atoms with Crippen LogP contribution in [0.2, 0.25) is 0 Å². The average Bonchev–Trinajstić information content (AvgIpc) is 2.75. The molecule has 0 spiro atoms. The van der Waals surface area contributed by atoms with Crippen LogP contribution in [0.4, 0.5) is 9.18 Å². The highest BCUT2D eigenvalue weighted by molar-refractivity contribution is 5.97. The maximum absolute atomic E-state index is 13.1. The van der Waals surface area contributed by atoms with Gasteiger partial charge in [0.2, 0.25) is 5.91 Å². The van der Waals surface area contributed by atoms with Crippen LogP contribution in [-0.4, -0.2) is 60.9 Å². The molecular formula is C21H23FN4O3. The van der Waals surface area contributed by atoms with Crippen molar-refractivity contribution in [3.05, 3.63) is 71.5 Å². The first-order chi connectivity index (χ1) is 14.0. The lowest BCUT2D eigenvalue weighted by atomic mass is 10.0. The van der Waals surface area contributed by atoms with Crippen LogP contribution in [0.1, 0.15) is 22.0 Å². The van der Waals surface area contributed by atoms with Crippen molar-refractivity contribution in [2.45, 2.75) is 6.04 Å². The van der Waals surface area contributed by atoms with E-state index in [9.17, 15) is 18.8 Å². The van der Waals surface area contributed by atoms with Crippen molar-refractivity contribution in [2.75, 3.05) is 33.2 Å². The molecule has 7 nitrogen and oxygen atoms in total. The number of nitrogens with zero attached hydrogens (tertiary/aromatic N) is 2. The van der Waals surface area contributed by atoms with Crippen LogP contribution in [0.3, 0.4) is 0 Å². The molecule has 0 radical (unpaired) electrons. The van der Waals surface area contributed by atoms with Gasteiger partial charge in [0, 0.05) is 38.8 Å². The van der Waals surface area contributed by atoms with Crippen molar-refractivity contribution >= 4 is 17.8 Å². The fourth-order valence-corrected chi connectivity index (χ4v) is 3.36. The minimum Gasteiger partial charge on any atom is -0.341 e. The molecule has 1 aliphatic rings. The molecule has 1 atom stereocenters. The topological polar surface area (TPSA) is 81.8 Å². The second kappa shape index (κ2) is 9.29. The summed E-state index contributed by atoms with van der Waals surface area (Å²) in [7, 11) is 1.44. The Bertz CT molecular complexity index is 865. The number of imide groups is 1. The third-order valence-electron chi connectivity index (χ3n) is 4.89. The highest BCUT2D eigenvalue weighted by Crippen LogP contribution is 2.23. The van der Waals surface area contributed by atoms with E-state index in [0.717, 1.165) is 5.56 Å². The lowest BCUT2D eigenvalue weighted by molar-refractivity contribution is -0.126. The van der Waals surface area contributed by atoms with Crippen molar-refractivity contribution in [1.29, 1.82) is 0 Å². The number of hydrogen-bond donors (Lipinski definition) is 2. The molecule has 4 amide bonds. The number of piperazine rings is 1. The Morgan fingerprint density at radius 2 is 1.55 bits per heavy atom. The standard InChI is InChI=1S/C21H23FN4O3/c1-23-21(29)24-19(27)18(15-5-3-2-4-6-15)25-11-13-26(14-12-25)20(28)16-7-9-17(22)10-8-16/h2-10,18H,11-14H2,1H3,(H2,23,24,27,29). The molecule has 1 aliphatic heterocycles. The summed E-state index contributed by atoms with van der Waals surface area (Å²) in [6.07, 6.45) is 0. The molecule has 1 saturated heterocycles. The fourth-order valence-electron chi connectivity index (χ4n) is 3.36. The number of benzene rings is 2. The third kappa shape index (κ3) is 4.97. The average molecular weight is 398 g/mol. The number of carbonyl (C=O) groups excluding carboxylic acids is 3. The van der Waals surface area contributed by atoms with Gasteiger partial charge >= 0.3 is 6.03 Å². The molecule has 0 aliphatic carbocycles. The van der Waals surface area contributed by atoms with E-state index in [0.29, 0.717) is 31.7 Å². The molecule has 0 saturated carbocycles. The maximum Gasteiger partial charge on any atom is 0.321 e. The second-order valence-corrected chi connectivity index (χ2v) is 6.72. The summed E-state index contributed by atoms with van der Waals surface area (Å²) in [5.74, 6) is -0.983. The Kier molecular flexibility index (Phi) is 6.56. The zero-order chi connectivity index (χ0) is 20.8. The van der Waals surface area contributed by atoms with Gasteiger partial charge in [-0.3, -0.25) is 19.8 Å². The lowest BCUT2D eigenvalue weighted by Crippen LogP contribution is -2.53. The molecule has 2 aromatic rings. The molecule has 1 heterocycles. The van der Waals surface area contributed by atoms with Gasteiger partial charge in [-0.05, 0) is 29.8 Å². The molecule has 3 rings (SSSR count). The van der Waals surface area contributed by atoms with E-state index < -0.39 is 18.0 Å². The molecule has 8 heteroatoms. The molecular weight excluding hydrogens is 375 g/mol. The molecule has 2 N–H and O–H groups in total. The van der Waals surface area contributed by atoms with Crippen LogP contribution in [0.25, 0.3) is 0 Å². The monoisotopic (exact) mass is 398 g/mol. The lowest BCUT2D eigenvalue weighted by Gasteiger charge is -2.38. The second-order valence-electron chi connectivity index (χ2n) is 6.72. The third-order valence-corrected chi connectivity index (χ3v) is 4.89. The molecule has 2 aromatic carbocycles. The largest absolute Gasteiger partial charge is 0.341 e. The Labute approximate surface area is 168 Å². The molecule has 29 heavy (non-hydrogen) atoms. The summed E-state index contributed by atoms with van der Waals surface area (Å²) in [5.41, 5.74) is 1.20. The summed E-state index contributed by atoms with van der Waals surface area (Å²) in [4.78, 5) is 40.6. The summed E-state index contributed by atoms with van der Waals surface area (Å²) in [6, 6.07) is 13.5. The van der Waals surface area contributed by atoms with Gasteiger partial charge in [-0.2, -0.15) is 0 Å². The van der Waals surface area contributed by atoms with Crippen LogP contribution in [-0.2, 0) is 4.79 Å². The van der Waals surface area contributed by atoms with E-state index in [4.69, 9.17) is 0 Å². The molecule has 152 valence electrons. The van der Waals surface area contributed by atoms with Gasteiger partial charge in [-0.1, -0.05) is 30.3 Å². The summed E-state index contributed by atoms with van der Waals surface area (Å²) < 4.78 is 13.1. The minimum atomic E-state index is -0.642. The Morgan fingerprint density at radius 1 is 0.931 bits per heavy atom. The predicted molar refractivity (Wildman–Crippen MR) is 106 cm³/mol. The normalized spacial score (nSPS) is 15.4. The van der Waals surface area contributed by atoms with Crippen molar-refractivity contribution < 1.29 is 18.8 Å². The number of nitrogens with one attached hydrogen (secondary N) is 2. The van der Waals surface area contributed by atoms with Gasteiger partial charge in [0.05, 0.1) is 0 Å². The fraction of sp³-hybridized carbons (Fsp3) is 0.286. The van der Waals surface area contributed by atoms with Crippen molar-refractivity contribution in [2.24, 2.45) is 0 Å². The highest BCUT2D eigenvalue weighted by atomic mass is 19.1. The Balaban J connectivity index is 1.71. The van der Waals surface area contributed by atoms with E-state index in [2.05, 4.69) is 10.6 Å². The summed E-state index contributed by atoms with van der Waals surface area (Å²) in [5, 5.41) is 4.72. The SMILES string of the molecule is CNC(=O)NC(=O)C(c1ccccc1)N1CCN(C(=O)c2ccc(F)cc2)CC1. The zero-order valence-electron chi connectivity index (χ0n) is 16.1. The van der Waals surface area contributed by atoms with Gasteiger partial charge in [0.25, 0.3) is 5.91 Å². The number of carbonyl (C=O) groups is 3. The van der Waals surface area contributed by atoms with Gasteiger partial charge < -0.3 is 10.2 Å². The highest BCUT2D eigenvalue weighted by Gasteiger charge is 2.32. The molecule has 1 unspecified atom stereocenters. The number of urea groups is 1. The van der Waals surface area contributed by atoms with Crippen molar-refractivity contribution in [3.63, 3.8) is 0 Å². The Morgan fingerprint density at radius 3 is 2.14 bits per heavy atom. The van der Waals surface area contributed by atoms with Gasteiger partial charge in [0.1, 0.15) is 11.9 Å². The number of halogens is 1. The summed E-state index contributed by atoms with van der Waals surface area (Å²) >= 11 is 0. The van der Waals surface area contributed by atoms with E-state index in [1.54, 1.807) is 4.90 Å².